The summed E-state index contributed by atoms with van der Waals surface area (Å²) >= 11 is 0. The second-order valence-corrected chi connectivity index (χ2v) is 8.60. The summed E-state index contributed by atoms with van der Waals surface area (Å²) in [7, 11) is -3.52. The zero-order chi connectivity index (χ0) is 19.8. The molecule has 142 valence electrons. The van der Waals surface area contributed by atoms with Gasteiger partial charge in [-0.15, -0.1) is 0 Å². The SMILES string of the molecule is Cc1ccc(N2C[C@H](C(=O)Nc3ccccc3S(C)(=O)=O)CC2=O)c(F)c1. The first-order valence-electron chi connectivity index (χ1n) is 8.33. The molecule has 2 aromatic rings. The number of para-hydroxylation sites is 1. The predicted octanol–water partition coefficient (Wildman–Crippen LogP) is 2.53. The van der Waals surface area contributed by atoms with Gasteiger partial charge in [-0.1, -0.05) is 18.2 Å². The molecule has 0 aliphatic carbocycles. The number of nitrogens with zero attached hydrogens (tertiary/aromatic N) is 1. The molecular formula is C19H19FN2O4S. The number of rotatable bonds is 4. The normalized spacial score (nSPS) is 17.2. The first kappa shape index (κ1) is 19.0. The van der Waals surface area contributed by atoms with Crippen LogP contribution < -0.4 is 10.2 Å². The maximum absolute atomic E-state index is 14.2. The third-order valence-corrected chi connectivity index (χ3v) is 5.59. The molecule has 1 heterocycles. The summed E-state index contributed by atoms with van der Waals surface area (Å²) in [6.45, 7) is 1.78. The molecule has 27 heavy (non-hydrogen) atoms. The molecule has 2 aromatic carbocycles. The Labute approximate surface area is 156 Å². The zero-order valence-electron chi connectivity index (χ0n) is 14.9. The highest BCUT2D eigenvalue weighted by atomic mass is 32.2. The highest BCUT2D eigenvalue weighted by Crippen LogP contribution is 2.29. The Hall–Kier alpha value is -2.74. The largest absolute Gasteiger partial charge is 0.325 e. The van der Waals surface area contributed by atoms with Gasteiger partial charge in [-0.05, 0) is 36.8 Å². The molecule has 0 saturated carbocycles. The van der Waals surface area contributed by atoms with Gasteiger partial charge in [-0.2, -0.15) is 0 Å². The molecule has 0 unspecified atom stereocenters. The number of sulfone groups is 1. The molecule has 1 saturated heterocycles. The van der Waals surface area contributed by atoms with E-state index in [1.54, 1.807) is 25.1 Å². The van der Waals surface area contributed by atoms with Gasteiger partial charge in [-0.25, -0.2) is 12.8 Å². The van der Waals surface area contributed by atoms with Gasteiger partial charge < -0.3 is 10.2 Å². The van der Waals surface area contributed by atoms with E-state index in [0.717, 1.165) is 11.8 Å². The highest BCUT2D eigenvalue weighted by molar-refractivity contribution is 7.90. The van der Waals surface area contributed by atoms with Gasteiger partial charge in [0.05, 0.1) is 22.2 Å². The average molecular weight is 390 g/mol. The van der Waals surface area contributed by atoms with E-state index in [0.29, 0.717) is 0 Å². The number of benzene rings is 2. The summed E-state index contributed by atoms with van der Waals surface area (Å²) in [6.07, 6.45) is 0.985. The third-order valence-electron chi connectivity index (χ3n) is 4.43. The summed E-state index contributed by atoms with van der Waals surface area (Å²) in [5, 5.41) is 2.58. The van der Waals surface area contributed by atoms with Crippen molar-refractivity contribution < 1.29 is 22.4 Å². The monoisotopic (exact) mass is 390 g/mol. The van der Waals surface area contributed by atoms with Crippen LogP contribution in [0.1, 0.15) is 12.0 Å². The number of hydrogen-bond donors (Lipinski definition) is 1. The fourth-order valence-corrected chi connectivity index (χ4v) is 3.92. The van der Waals surface area contributed by atoms with Crippen LogP contribution in [0.3, 0.4) is 0 Å². The molecule has 0 aromatic heterocycles. The van der Waals surface area contributed by atoms with E-state index in [2.05, 4.69) is 5.32 Å². The molecule has 1 aliphatic heterocycles. The first-order valence-corrected chi connectivity index (χ1v) is 10.2. The van der Waals surface area contributed by atoms with Gasteiger partial charge in [0, 0.05) is 19.2 Å². The lowest BCUT2D eigenvalue weighted by atomic mass is 10.1. The van der Waals surface area contributed by atoms with Crippen molar-refractivity contribution in [3.63, 3.8) is 0 Å². The second kappa shape index (κ2) is 7.11. The molecular weight excluding hydrogens is 371 g/mol. The van der Waals surface area contributed by atoms with Crippen LogP contribution in [-0.4, -0.2) is 33.0 Å². The molecule has 3 rings (SSSR count). The van der Waals surface area contributed by atoms with Crippen LogP contribution in [-0.2, 0) is 19.4 Å². The summed E-state index contributed by atoms with van der Waals surface area (Å²) in [6, 6.07) is 10.6. The van der Waals surface area contributed by atoms with Crippen LogP contribution in [0.4, 0.5) is 15.8 Å². The van der Waals surface area contributed by atoms with Gasteiger partial charge in [0.15, 0.2) is 9.84 Å². The van der Waals surface area contributed by atoms with Gasteiger partial charge in [-0.3, -0.25) is 9.59 Å². The highest BCUT2D eigenvalue weighted by Gasteiger charge is 2.36. The average Bonchev–Trinajstić information content (AvgIpc) is 2.96. The number of aryl methyl sites for hydroxylation is 1. The lowest BCUT2D eigenvalue weighted by Crippen LogP contribution is -2.29. The van der Waals surface area contributed by atoms with Crippen LogP contribution in [0.25, 0.3) is 0 Å². The first-order chi connectivity index (χ1) is 12.7. The van der Waals surface area contributed by atoms with Crippen molar-refractivity contribution in [1.82, 2.24) is 0 Å². The van der Waals surface area contributed by atoms with E-state index in [9.17, 15) is 22.4 Å². The molecule has 6 nitrogen and oxygen atoms in total. The number of anilines is 2. The Morgan fingerprint density at radius 2 is 1.93 bits per heavy atom. The molecule has 8 heteroatoms. The molecule has 1 N–H and O–H groups in total. The summed E-state index contributed by atoms with van der Waals surface area (Å²) < 4.78 is 37.9. The summed E-state index contributed by atoms with van der Waals surface area (Å²) in [4.78, 5) is 26.1. The topological polar surface area (TPSA) is 83.6 Å². The Morgan fingerprint density at radius 3 is 2.59 bits per heavy atom. The van der Waals surface area contributed by atoms with Crippen LogP contribution in [0.2, 0.25) is 0 Å². The lowest BCUT2D eigenvalue weighted by molar-refractivity contribution is -0.122. The van der Waals surface area contributed by atoms with Gasteiger partial charge in [0.1, 0.15) is 5.82 Å². The molecule has 1 aliphatic rings. The minimum Gasteiger partial charge on any atom is -0.325 e. The quantitative estimate of drug-likeness (QED) is 0.870. The fraction of sp³-hybridized carbons (Fsp3) is 0.263. The van der Waals surface area contributed by atoms with Crippen LogP contribution in [0, 0.1) is 18.7 Å². The van der Waals surface area contributed by atoms with Crippen molar-refractivity contribution in [3.8, 4) is 0 Å². The number of nitrogens with one attached hydrogen (secondary N) is 1. The van der Waals surface area contributed by atoms with E-state index in [1.807, 2.05) is 0 Å². The van der Waals surface area contributed by atoms with Crippen molar-refractivity contribution in [1.29, 1.82) is 0 Å². The van der Waals surface area contributed by atoms with Crippen molar-refractivity contribution in [2.75, 3.05) is 23.0 Å². The van der Waals surface area contributed by atoms with Crippen LogP contribution >= 0.6 is 0 Å². The maximum Gasteiger partial charge on any atom is 0.229 e. The summed E-state index contributed by atoms with van der Waals surface area (Å²) in [5.74, 6) is -2.05. The minimum absolute atomic E-state index is 0.00380. The van der Waals surface area contributed by atoms with Crippen molar-refractivity contribution in [2.45, 2.75) is 18.2 Å². The Kier molecular flexibility index (Phi) is 5.01. The Balaban J connectivity index is 1.79. The number of carbonyl (C=O) groups is 2. The standard InChI is InChI=1S/C19H19FN2O4S/c1-12-7-8-16(14(20)9-12)22-11-13(10-18(22)23)19(24)21-15-5-3-4-6-17(15)27(2,25)26/h3-9,13H,10-11H2,1-2H3,(H,21,24)/t13-/m1/s1. The van der Waals surface area contributed by atoms with Gasteiger partial charge in [0.2, 0.25) is 11.8 Å². The van der Waals surface area contributed by atoms with Crippen LogP contribution in [0.15, 0.2) is 47.4 Å². The third kappa shape index (κ3) is 4.00. The fourth-order valence-electron chi connectivity index (χ4n) is 3.07. The van der Waals surface area contributed by atoms with Crippen LogP contribution in [0.5, 0.6) is 0 Å². The number of hydrogen-bond acceptors (Lipinski definition) is 4. The lowest BCUT2D eigenvalue weighted by Gasteiger charge is -2.18. The van der Waals surface area contributed by atoms with E-state index >= 15 is 0 Å². The van der Waals surface area contributed by atoms with E-state index in [-0.39, 0.29) is 35.1 Å². The molecule has 1 fully saturated rings. The van der Waals surface area contributed by atoms with Gasteiger partial charge >= 0.3 is 0 Å². The predicted molar refractivity (Wildman–Crippen MR) is 99.8 cm³/mol. The van der Waals surface area contributed by atoms with E-state index < -0.39 is 27.5 Å². The Morgan fingerprint density at radius 1 is 1.22 bits per heavy atom. The van der Waals surface area contributed by atoms with Crippen molar-refractivity contribution in [2.24, 2.45) is 5.92 Å². The van der Waals surface area contributed by atoms with Gasteiger partial charge in [0.25, 0.3) is 0 Å². The molecule has 0 spiro atoms. The number of carbonyl (C=O) groups excluding carboxylic acids is 2. The van der Waals surface area contributed by atoms with E-state index in [1.165, 1.54) is 29.2 Å². The smallest absolute Gasteiger partial charge is 0.229 e. The maximum atomic E-state index is 14.2. The molecule has 0 radical (unpaired) electrons. The second-order valence-electron chi connectivity index (χ2n) is 6.62. The minimum atomic E-state index is -3.52. The number of halogens is 1. The van der Waals surface area contributed by atoms with Crippen molar-refractivity contribution in [3.05, 3.63) is 53.8 Å². The Bertz CT molecular complexity index is 1020. The zero-order valence-corrected chi connectivity index (χ0v) is 15.7. The summed E-state index contributed by atoms with van der Waals surface area (Å²) in [5.41, 5.74) is 1.03. The molecule has 1 atom stereocenters. The van der Waals surface area contributed by atoms with Crippen molar-refractivity contribution >= 4 is 33.0 Å². The molecule has 0 bridgehead atoms. The van der Waals surface area contributed by atoms with E-state index in [4.69, 9.17) is 0 Å². The number of amides is 2. The molecule has 2 amide bonds.